The fourth-order valence-corrected chi connectivity index (χ4v) is 1.86. The van der Waals surface area contributed by atoms with Crippen LogP contribution < -0.4 is 10.9 Å². The minimum Gasteiger partial charge on any atom is -0.302 e. The minimum atomic E-state index is -0.180. The summed E-state index contributed by atoms with van der Waals surface area (Å²) >= 11 is 11.7. The third kappa shape index (κ3) is 1.91. The monoisotopic (exact) mass is 257 g/mol. The van der Waals surface area contributed by atoms with Crippen molar-refractivity contribution in [3.05, 3.63) is 38.9 Å². The molecule has 0 bridgehead atoms. The summed E-state index contributed by atoms with van der Waals surface area (Å²) in [5.74, 6) is 0. The highest BCUT2D eigenvalue weighted by Gasteiger charge is 2.08. The fraction of sp³-hybridized carbons (Fsp3) is 0.200. The van der Waals surface area contributed by atoms with Gasteiger partial charge in [0.05, 0.1) is 17.6 Å². The van der Waals surface area contributed by atoms with Gasteiger partial charge >= 0.3 is 0 Å². The molecule has 0 saturated carbocycles. The second-order valence-electron chi connectivity index (χ2n) is 3.29. The first-order valence-corrected chi connectivity index (χ1v) is 5.39. The molecular weight excluding hydrogens is 249 g/mol. The Hall–Kier alpha value is -1.10. The molecule has 6 heteroatoms. The molecule has 1 aromatic heterocycles. The van der Waals surface area contributed by atoms with Crippen LogP contribution in [0.2, 0.25) is 10.3 Å². The standard InChI is InChI=1S/C10H9Cl2N3O/c1-13-5-15-9(16)7-3-2-6(11)4-8(7)14-10(15)12/h2-4,13H,5H2,1H3. The molecule has 0 saturated heterocycles. The largest absolute Gasteiger partial charge is 0.302 e. The SMILES string of the molecule is CNCn1c(Cl)nc2cc(Cl)ccc2c1=O. The Bertz CT molecular complexity index is 594. The number of nitrogens with zero attached hydrogens (tertiary/aromatic N) is 2. The molecule has 84 valence electrons. The summed E-state index contributed by atoms with van der Waals surface area (Å²) in [6.45, 7) is 0.323. The number of aromatic nitrogens is 2. The van der Waals surface area contributed by atoms with Crippen molar-refractivity contribution in [1.82, 2.24) is 14.9 Å². The third-order valence-electron chi connectivity index (χ3n) is 2.19. The van der Waals surface area contributed by atoms with Gasteiger partial charge in [-0.05, 0) is 36.8 Å². The number of nitrogens with one attached hydrogen (secondary N) is 1. The number of fused-ring (bicyclic) bond motifs is 1. The van der Waals surface area contributed by atoms with Gasteiger partial charge in [-0.25, -0.2) is 4.98 Å². The van der Waals surface area contributed by atoms with Crippen LogP contribution in [-0.2, 0) is 6.67 Å². The third-order valence-corrected chi connectivity index (χ3v) is 2.71. The molecule has 0 aliphatic heterocycles. The van der Waals surface area contributed by atoms with Gasteiger partial charge in [-0.1, -0.05) is 11.6 Å². The van der Waals surface area contributed by atoms with Gasteiger partial charge in [0, 0.05) is 5.02 Å². The first-order valence-electron chi connectivity index (χ1n) is 4.63. The van der Waals surface area contributed by atoms with Crippen LogP contribution in [0.15, 0.2) is 23.0 Å². The Kier molecular flexibility index (Phi) is 3.14. The van der Waals surface area contributed by atoms with Crippen LogP contribution in [0.4, 0.5) is 0 Å². The van der Waals surface area contributed by atoms with Crippen molar-refractivity contribution in [1.29, 1.82) is 0 Å². The van der Waals surface area contributed by atoms with E-state index in [-0.39, 0.29) is 10.8 Å². The zero-order valence-corrected chi connectivity index (χ0v) is 10.0. The molecule has 0 spiro atoms. The van der Waals surface area contributed by atoms with Crippen LogP contribution >= 0.6 is 23.2 Å². The Morgan fingerprint density at radius 3 is 2.88 bits per heavy atom. The predicted octanol–water partition coefficient (Wildman–Crippen LogP) is 1.88. The van der Waals surface area contributed by atoms with Gasteiger partial charge in [0.25, 0.3) is 5.56 Å². The van der Waals surface area contributed by atoms with Gasteiger partial charge in [0.1, 0.15) is 0 Å². The molecular formula is C10H9Cl2N3O. The summed E-state index contributed by atoms with van der Waals surface area (Å²) < 4.78 is 1.36. The van der Waals surface area contributed by atoms with E-state index >= 15 is 0 Å². The minimum absolute atomic E-state index is 0.147. The molecule has 16 heavy (non-hydrogen) atoms. The molecule has 0 unspecified atom stereocenters. The van der Waals surface area contributed by atoms with Crippen LogP contribution in [-0.4, -0.2) is 16.6 Å². The Morgan fingerprint density at radius 1 is 1.44 bits per heavy atom. The lowest BCUT2D eigenvalue weighted by Crippen LogP contribution is -2.27. The molecule has 1 aromatic carbocycles. The van der Waals surface area contributed by atoms with Crippen LogP contribution in [0.25, 0.3) is 10.9 Å². The summed E-state index contributed by atoms with van der Waals surface area (Å²) in [6, 6.07) is 4.92. The molecule has 4 nitrogen and oxygen atoms in total. The number of benzene rings is 1. The molecule has 2 aromatic rings. The van der Waals surface area contributed by atoms with Crippen molar-refractivity contribution in [3.8, 4) is 0 Å². The molecule has 0 fully saturated rings. The molecule has 0 amide bonds. The van der Waals surface area contributed by atoms with E-state index in [1.165, 1.54) is 4.57 Å². The normalized spacial score (nSPS) is 10.9. The Balaban J connectivity index is 2.78. The lowest BCUT2D eigenvalue weighted by molar-refractivity contribution is 0.594. The fourth-order valence-electron chi connectivity index (χ4n) is 1.46. The van der Waals surface area contributed by atoms with Gasteiger partial charge in [0.15, 0.2) is 0 Å². The van der Waals surface area contributed by atoms with Crippen LogP contribution in [0.5, 0.6) is 0 Å². The van der Waals surface area contributed by atoms with Crippen molar-refractivity contribution < 1.29 is 0 Å². The van der Waals surface area contributed by atoms with Crippen molar-refractivity contribution in [2.24, 2.45) is 0 Å². The Morgan fingerprint density at radius 2 is 2.19 bits per heavy atom. The average Bonchev–Trinajstić information content (AvgIpc) is 2.23. The smallest absolute Gasteiger partial charge is 0.263 e. The second kappa shape index (κ2) is 4.41. The number of hydrogen-bond donors (Lipinski definition) is 1. The molecule has 1 N–H and O–H groups in total. The molecule has 0 radical (unpaired) electrons. The second-order valence-corrected chi connectivity index (χ2v) is 4.06. The van der Waals surface area contributed by atoms with Gasteiger partial charge in [0.2, 0.25) is 5.28 Å². The quantitative estimate of drug-likeness (QED) is 0.836. The van der Waals surface area contributed by atoms with E-state index in [4.69, 9.17) is 23.2 Å². The maximum atomic E-state index is 12.0. The lowest BCUT2D eigenvalue weighted by Gasteiger charge is -2.08. The highest BCUT2D eigenvalue weighted by molar-refractivity contribution is 6.31. The average molecular weight is 258 g/mol. The molecule has 0 aliphatic rings. The first kappa shape index (κ1) is 11.4. The van der Waals surface area contributed by atoms with Crippen molar-refractivity contribution in [3.63, 3.8) is 0 Å². The highest BCUT2D eigenvalue weighted by atomic mass is 35.5. The number of hydrogen-bond acceptors (Lipinski definition) is 3. The van der Waals surface area contributed by atoms with E-state index in [1.54, 1.807) is 25.2 Å². The predicted molar refractivity (Wildman–Crippen MR) is 65.1 cm³/mol. The summed E-state index contributed by atoms with van der Waals surface area (Å²) in [4.78, 5) is 16.1. The topological polar surface area (TPSA) is 46.9 Å². The van der Waals surface area contributed by atoms with E-state index in [0.717, 1.165) is 0 Å². The van der Waals surface area contributed by atoms with Crippen LogP contribution in [0.3, 0.4) is 0 Å². The van der Waals surface area contributed by atoms with Gasteiger partial charge < -0.3 is 5.32 Å². The van der Waals surface area contributed by atoms with E-state index in [2.05, 4.69) is 10.3 Å². The van der Waals surface area contributed by atoms with E-state index in [9.17, 15) is 4.79 Å². The van der Waals surface area contributed by atoms with E-state index in [1.807, 2.05) is 0 Å². The summed E-state index contributed by atoms with van der Waals surface area (Å²) in [5, 5.41) is 4.03. The molecule has 2 rings (SSSR count). The van der Waals surface area contributed by atoms with Crippen molar-refractivity contribution in [2.75, 3.05) is 7.05 Å². The summed E-state index contributed by atoms with van der Waals surface area (Å²) in [6.07, 6.45) is 0. The zero-order chi connectivity index (χ0) is 11.7. The van der Waals surface area contributed by atoms with E-state index < -0.39 is 0 Å². The maximum absolute atomic E-state index is 12.0. The van der Waals surface area contributed by atoms with E-state index in [0.29, 0.717) is 22.6 Å². The van der Waals surface area contributed by atoms with Crippen LogP contribution in [0, 0.1) is 0 Å². The lowest BCUT2D eigenvalue weighted by atomic mass is 10.2. The van der Waals surface area contributed by atoms with Crippen molar-refractivity contribution >= 4 is 34.1 Å². The summed E-state index contributed by atoms with van der Waals surface area (Å²) in [5.41, 5.74) is 0.330. The maximum Gasteiger partial charge on any atom is 0.263 e. The van der Waals surface area contributed by atoms with Crippen LogP contribution in [0.1, 0.15) is 0 Å². The molecule has 0 atom stereocenters. The van der Waals surface area contributed by atoms with Gasteiger partial charge in [-0.2, -0.15) is 0 Å². The first-order chi connectivity index (χ1) is 7.63. The Labute approximate surface area is 102 Å². The zero-order valence-electron chi connectivity index (χ0n) is 8.50. The van der Waals surface area contributed by atoms with Crippen molar-refractivity contribution in [2.45, 2.75) is 6.67 Å². The molecule has 1 heterocycles. The van der Waals surface area contributed by atoms with Gasteiger partial charge in [-0.3, -0.25) is 9.36 Å². The molecule has 0 aliphatic carbocycles. The number of rotatable bonds is 2. The summed E-state index contributed by atoms with van der Waals surface area (Å²) in [7, 11) is 1.73. The highest BCUT2D eigenvalue weighted by Crippen LogP contribution is 2.16. The van der Waals surface area contributed by atoms with Gasteiger partial charge in [-0.15, -0.1) is 0 Å². The number of halogens is 2.